The summed E-state index contributed by atoms with van der Waals surface area (Å²) in [6.07, 6.45) is 2.53. The van der Waals surface area contributed by atoms with Gasteiger partial charge < -0.3 is 20.1 Å². The van der Waals surface area contributed by atoms with Gasteiger partial charge in [0.25, 0.3) is 0 Å². The molecule has 2 aromatic heterocycles. The second-order valence-electron chi connectivity index (χ2n) is 10.4. The highest BCUT2D eigenvalue weighted by Crippen LogP contribution is 2.29. The standard InChI is InChI=1S/C27H32F3N7O2/c1-34(21-7-11-35(12-8-21)26-32-14-20(15-33-26)27(28,29)30)24(38)17-36-9-2-3-22(36)16-37-10-6-18-4-5-19(25(31)39)13-23(18)37/h4-6,10,13-15,21-22H,2-3,7-9,11-12,16-17H2,1H3,(H2,31,39). The monoisotopic (exact) mass is 543 g/mol. The van der Waals surface area contributed by atoms with Crippen LogP contribution in [0, 0.1) is 0 Å². The van der Waals surface area contributed by atoms with E-state index in [9.17, 15) is 22.8 Å². The van der Waals surface area contributed by atoms with Gasteiger partial charge in [-0.05, 0) is 55.8 Å². The van der Waals surface area contributed by atoms with Crippen molar-refractivity contribution in [1.82, 2.24) is 24.3 Å². The summed E-state index contributed by atoms with van der Waals surface area (Å²) in [5, 5.41) is 1.04. The fourth-order valence-corrected chi connectivity index (χ4v) is 5.61. The lowest BCUT2D eigenvalue weighted by atomic mass is 10.0. The number of hydrogen-bond donors (Lipinski definition) is 1. The zero-order valence-corrected chi connectivity index (χ0v) is 21.8. The van der Waals surface area contributed by atoms with E-state index in [1.165, 1.54) is 0 Å². The summed E-state index contributed by atoms with van der Waals surface area (Å²) in [6, 6.07) is 7.70. The number of carbonyl (C=O) groups excluding carboxylic acids is 2. The molecule has 0 saturated carbocycles. The molecule has 0 aliphatic carbocycles. The van der Waals surface area contributed by atoms with Gasteiger partial charge in [0.15, 0.2) is 0 Å². The molecule has 4 heterocycles. The smallest absolute Gasteiger partial charge is 0.366 e. The highest BCUT2D eigenvalue weighted by Gasteiger charge is 2.33. The van der Waals surface area contributed by atoms with E-state index < -0.39 is 17.6 Å². The number of likely N-dealkylation sites (N-methyl/N-ethyl adjacent to an activating group) is 1. The van der Waals surface area contributed by atoms with E-state index in [2.05, 4.69) is 19.4 Å². The zero-order valence-electron chi connectivity index (χ0n) is 21.8. The summed E-state index contributed by atoms with van der Waals surface area (Å²) in [5.74, 6) is -0.131. The first-order chi connectivity index (χ1) is 18.6. The molecule has 2 N–H and O–H groups in total. The van der Waals surface area contributed by atoms with E-state index >= 15 is 0 Å². The van der Waals surface area contributed by atoms with Gasteiger partial charge in [0, 0.05) is 68.4 Å². The Balaban J connectivity index is 1.16. The highest BCUT2D eigenvalue weighted by molar-refractivity contribution is 5.97. The zero-order chi connectivity index (χ0) is 27.7. The maximum absolute atomic E-state index is 13.2. The van der Waals surface area contributed by atoms with Crippen molar-refractivity contribution in [3.05, 3.63) is 54.0 Å². The summed E-state index contributed by atoms with van der Waals surface area (Å²) < 4.78 is 40.5. The summed E-state index contributed by atoms with van der Waals surface area (Å²) in [5.41, 5.74) is 6.02. The van der Waals surface area contributed by atoms with E-state index in [1.54, 1.807) is 6.07 Å². The van der Waals surface area contributed by atoms with Crippen LogP contribution in [0.4, 0.5) is 19.1 Å². The minimum absolute atomic E-state index is 0.0462. The third kappa shape index (κ3) is 5.85. The third-order valence-electron chi connectivity index (χ3n) is 7.96. The Hall–Kier alpha value is -3.67. The first-order valence-corrected chi connectivity index (χ1v) is 13.1. The Morgan fingerprint density at radius 1 is 1.08 bits per heavy atom. The maximum Gasteiger partial charge on any atom is 0.419 e. The van der Waals surface area contributed by atoms with Crippen LogP contribution in [0.3, 0.4) is 0 Å². The largest absolute Gasteiger partial charge is 0.419 e. The molecule has 1 atom stereocenters. The fraction of sp³-hybridized carbons (Fsp3) is 0.481. The Kier molecular flexibility index (Phi) is 7.48. The van der Waals surface area contributed by atoms with Crippen LogP contribution < -0.4 is 10.6 Å². The van der Waals surface area contributed by atoms with Crippen molar-refractivity contribution in [2.24, 2.45) is 5.73 Å². The summed E-state index contributed by atoms with van der Waals surface area (Å²) in [6.45, 7) is 3.02. The Bertz CT molecular complexity index is 1330. The molecule has 5 rings (SSSR count). The molecule has 2 aliphatic heterocycles. The number of amides is 2. The molecule has 0 spiro atoms. The minimum Gasteiger partial charge on any atom is -0.366 e. The fourth-order valence-electron chi connectivity index (χ4n) is 5.61. The van der Waals surface area contributed by atoms with Gasteiger partial charge in [0.1, 0.15) is 0 Å². The predicted molar refractivity (Wildman–Crippen MR) is 140 cm³/mol. The number of anilines is 1. The van der Waals surface area contributed by atoms with Crippen LogP contribution in [-0.2, 0) is 17.5 Å². The normalized spacial score (nSPS) is 19.1. The number of hydrogen-bond acceptors (Lipinski definition) is 6. The number of nitrogens with zero attached hydrogens (tertiary/aromatic N) is 6. The van der Waals surface area contributed by atoms with Gasteiger partial charge in [0.2, 0.25) is 17.8 Å². The number of fused-ring (bicyclic) bond motifs is 1. The van der Waals surface area contributed by atoms with Crippen molar-refractivity contribution < 1.29 is 22.8 Å². The van der Waals surface area contributed by atoms with Gasteiger partial charge >= 0.3 is 6.18 Å². The molecule has 39 heavy (non-hydrogen) atoms. The average molecular weight is 544 g/mol. The Morgan fingerprint density at radius 3 is 2.46 bits per heavy atom. The molecule has 2 amide bonds. The highest BCUT2D eigenvalue weighted by atomic mass is 19.4. The molecule has 2 fully saturated rings. The first kappa shape index (κ1) is 26.9. The predicted octanol–water partition coefficient (Wildman–Crippen LogP) is 3.14. The van der Waals surface area contributed by atoms with E-state index in [1.807, 2.05) is 41.2 Å². The number of halogens is 3. The molecular formula is C27H32F3N7O2. The molecule has 1 aromatic carbocycles. The molecule has 9 nitrogen and oxygen atoms in total. The van der Waals surface area contributed by atoms with Crippen molar-refractivity contribution >= 4 is 28.7 Å². The van der Waals surface area contributed by atoms with Crippen molar-refractivity contribution in [2.75, 3.05) is 38.1 Å². The number of likely N-dealkylation sites (tertiary alicyclic amines) is 1. The number of rotatable bonds is 7. The summed E-state index contributed by atoms with van der Waals surface area (Å²) >= 11 is 0. The van der Waals surface area contributed by atoms with Gasteiger partial charge in [-0.15, -0.1) is 0 Å². The van der Waals surface area contributed by atoms with Gasteiger partial charge in [-0.25, -0.2) is 9.97 Å². The maximum atomic E-state index is 13.2. The molecule has 3 aromatic rings. The molecule has 12 heteroatoms. The number of carbonyl (C=O) groups is 2. The Labute approximate surface area is 224 Å². The van der Waals surface area contributed by atoms with Crippen molar-refractivity contribution in [2.45, 2.75) is 50.5 Å². The first-order valence-electron chi connectivity index (χ1n) is 13.1. The number of aromatic nitrogens is 3. The van der Waals surface area contributed by atoms with Gasteiger partial charge in [-0.1, -0.05) is 6.07 Å². The molecule has 208 valence electrons. The van der Waals surface area contributed by atoms with Crippen LogP contribution >= 0.6 is 0 Å². The molecule has 0 bridgehead atoms. The minimum atomic E-state index is -4.47. The number of primary amides is 1. The quantitative estimate of drug-likeness (QED) is 0.492. The lowest BCUT2D eigenvalue weighted by Gasteiger charge is -2.37. The number of piperidine rings is 1. The van der Waals surface area contributed by atoms with Crippen molar-refractivity contribution in [3.63, 3.8) is 0 Å². The van der Waals surface area contributed by atoms with E-state index in [0.29, 0.717) is 44.6 Å². The van der Waals surface area contributed by atoms with Crippen LogP contribution in [0.15, 0.2) is 42.9 Å². The molecule has 2 saturated heterocycles. The van der Waals surface area contributed by atoms with Crippen LogP contribution in [0.25, 0.3) is 10.9 Å². The van der Waals surface area contributed by atoms with Crippen LogP contribution in [0.1, 0.15) is 41.6 Å². The molecule has 0 radical (unpaired) electrons. The van der Waals surface area contributed by atoms with E-state index in [4.69, 9.17) is 5.73 Å². The van der Waals surface area contributed by atoms with Crippen LogP contribution in [0.2, 0.25) is 0 Å². The molecular weight excluding hydrogens is 511 g/mol. The SMILES string of the molecule is CN(C(=O)CN1CCCC1Cn1ccc2ccc(C(N)=O)cc21)C1CCN(c2ncc(C(F)(F)F)cn2)CC1. The Morgan fingerprint density at radius 2 is 1.79 bits per heavy atom. The van der Waals surface area contributed by atoms with Gasteiger partial charge in [-0.2, -0.15) is 13.2 Å². The lowest BCUT2D eigenvalue weighted by molar-refractivity contribution is -0.138. The van der Waals surface area contributed by atoms with Crippen LogP contribution in [-0.4, -0.2) is 81.5 Å². The van der Waals surface area contributed by atoms with E-state index in [-0.39, 0.29) is 23.9 Å². The van der Waals surface area contributed by atoms with Gasteiger partial charge in [0.05, 0.1) is 12.1 Å². The van der Waals surface area contributed by atoms with Crippen molar-refractivity contribution in [1.29, 1.82) is 0 Å². The summed E-state index contributed by atoms with van der Waals surface area (Å²) in [7, 11) is 1.83. The van der Waals surface area contributed by atoms with E-state index in [0.717, 1.165) is 42.7 Å². The second-order valence-corrected chi connectivity index (χ2v) is 10.4. The van der Waals surface area contributed by atoms with Gasteiger partial charge in [-0.3, -0.25) is 14.5 Å². The number of benzene rings is 1. The molecule has 1 unspecified atom stereocenters. The number of alkyl halides is 3. The second kappa shape index (κ2) is 10.8. The number of nitrogens with two attached hydrogens (primary N) is 1. The lowest BCUT2D eigenvalue weighted by Crippen LogP contribution is -2.49. The van der Waals surface area contributed by atoms with Crippen LogP contribution in [0.5, 0.6) is 0 Å². The van der Waals surface area contributed by atoms with Crippen molar-refractivity contribution in [3.8, 4) is 0 Å². The summed E-state index contributed by atoms with van der Waals surface area (Å²) in [4.78, 5) is 38.6. The third-order valence-corrected chi connectivity index (χ3v) is 7.96. The average Bonchev–Trinajstić information content (AvgIpc) is 3.54. The molecule has 2 aliphatic rings. The topological polar surface area (TPSA) is 101 Å².